The van der Waals surface area contributed by atoms with Gasteiger partial charge < -0.3 is 5.32 Å². The van der Waals surface area contributed by atoms with Crippen LogP contribution in [0.2, 0.25) is 0 Å². The molecule has 1 saturated carbocycles. The van der Waals surface area contributed by atoms with Crippen LogP contribution in [0.25, 0.3) is 0 Å². The van der Waals surface area contributed by atoms with Crippen molar-refractivity contribution < 1.29 is 0 Å². The fraction of sp³-hybridized carbons (Fsp3) is 1.00. The van der Waals surface area contributed by atoms with E-state index in [2.05, 4.69) is 46.9 Å². The maximum Gasteiger partial charge on any atom is 0.0132 e. The Balaban J connectivity index is 2.39. The minimum atomic E-state index is 0.278. The molecule has 0 aromatic rings. The van der Waals surface area contributed by atoms with Gasteiger partial charge in [-0.2, -0.15) is 0 Å². The van der Waals surface area contributed by atoms with Crippen LogP contribution in [0.1, 0.15) is 60.8 Å². The SMILES string of the molecule is C[C@H](NC(C)(C)CC(C)(C)C)C1CC1. The van der Waals surface area contributed by atoms with Crippen molar-refractivity contribution >= 4 is 0 Å². The average molecular weight is 197 g/mol. The number of hydrogen-bond donors (Lipinski definition) is 1. The van der Waals surface area contributed by atoms with Gasteiger partial charge in [0.25, 0.3) is 0 Å². The molecule has 1 rings (SSSR count). The summed E-state index contributed by atoms with van der Waals surface area (Å²) in [4.78, 5) is 0. The zero-order valence-corrected chi connectivity index (χ0v) is 10.8. The third kappa shape index (κ3) is 4.45. The predicted molar refractivity (Wildman–Crippen MR) is 63.5 cm³/mol. The molecule has 1 fully saturated rings. The first-order chi connectivity index (χ1) is 6.20. The molecule has 1 N–H and O–H groups in total. The molecular weight excluding hydrogens is 170 g/mol. The Kier molecular flexibility index (Phi) is 3.30. The van der Waals surface area contributed by atoms with Crippen molar-refractivity contribution in [2.24, 2.45) is 11.3 Å². The third-order valence-electron chi connectivity index (χ3n) is 2.92. The third-order valence-corrected chi connectivity index (χ3v) is 2.92. The van der Waals surface area contributed by atoms with Crippen LogP contribution in [0, 0.1) is 11.3 Å². The number of rotatable bonds is 4. The van der Waals surface area contributed by atoms with Crippen LogP contribution in [0.4, 0.5) is 0 Å². The quantitative estimate of drug-likeness (QED) is 0.726. The summed E-state index contributed by atoms with van der Waals surface area (Å²) in [6, 6.07) is 0.701. The van der Waals surface area contributed by atoms with Gasteiger partial charge in [-0.15, -0.1) is 0 Å². The fourth-order valence-corrected chi connectivity index (χ4v) is 2.71. The normalized spacial score (nSPS) is 21.0. The lowest BCUT2D eigenvalue weighted by Crippen LogP contribution is -2.47. The van der Waals surface area contributed by atoms with E-state index in [1.54, 1.807) is 0 Å². The zero-order valence-electron chi connectivity index (χ0n) is 10.8. The first-order valence-corrected chi connectivity index (χ1v) is 5.97. The summed E-state index contributed by atoms with van der Waals surface area (Å²) < 4.78 is 0. The highest BCUT2D eigenvalue weighted by molar-refractivity contribution is 4.91. The second kappa shape index (κ2) is 3.84. The standard InChI is InChI=1S/C13H27N/c1-10(11-7-8-11)14-13(5,6)9-12(2,3)4/h10-11,14H,7-9H2,1-6H3/t10-/m0/s1. The largest absolute Gasteiger partial charge is 0.309 e. The molecule has 0 radical (unpaired) electrons. The highest BCUT2D eigenvalue weighted by Gasteiger charge is 2.33. The Bertz CT molecular complexity index is 184. The van der Waals surface area contributed by atoms with Gasteiger partial charge in [-0.05, 0) is 51.4 Å². The maximum atomic E-state index is 3.77. The molecule has 1 aliphatic rings. The average Bonchev–Trinajstić information content (AvgIpc) is 2.57. The molecule has 0 bridgehead atoms. The molecular formula is C13H27N. The number of nitrogens with one attached hydrogen (secondary N) is 1. The van der Waals surface area contributed by atoms with Crippen molar-refractivity contribution in [3.8, 4) is 0 Å². The van der Waals surface area contributed by atoms with E-state index in [1.165, 1.54) is 19.3 Å². The summed E-state index contributed by atoms with van der Waals surface area (Å²) in [5, 5.41) is 3.77. The second-order valence-corrected chi connectivity index (χ2v) is 6.89. The molecule has 0 aromatic carbocycles. The van der Waals surface area contributed by atoms with Crippen LogP contribution in [0.3, 0.4) is 0 Å². The van der Waals surface area contributed by atoms with Crippen LogP contribution >= 0.6 is 0 Å². The number of hydrogen-bond acceptors (Lipinski definition) is 1. The Hall–Kier alpha value is -0.0400. The zero-order chi connectivity index (χ0) is 11.0. The lowest BCUT2D eigenvalue weighted by atomic mass is 9.81. The summed E-state index contributed by atoms with van der Waals surface area (Å²) in [5.74, 6) is 0.953. The Morgan fingerprint density at radius 2 is 1.64 bits per heavy atom. The lowest BCUT2D eigenvalue weighted by Gasteiger charge is -2.36. The summed E-state index contributed by atoms with van der Waals surface area (Å²) in [6.07, 6.45) is 4.09. The molecule has 1 heteroatoms. The van der Waals surface area contributed by atoms with Gasteiger partial charge in [-0.3, -0.25) is 0 Å². The van der Waals surface area contributed by atoms with Gasteiger partial charge >= 0.3 is 0 Å². The molecule has 0 saturated heterocycles. The summed E-state index contributed by atoms with van der Waals surface area (Å²) in [6.45, 7) is 13.9. The monoisotopic (exact) mass is 197 g/mol. The Morgan fingerprint density at radius 1 is 1.14 bits per heavy atom. The van der Waals surface area contributed by atoms with Gasteiger partial charge in [0.1, 0.15) is 0 Å². The van der Waals surface area contributed by atoms with Gasteiger partial charge in [-0.1, -0.05) is 20.8 Å². The summed E-state index contributed by atoms with van der Waals surface area (Å²) in [7, 11) is 0. The topological polar surface area (TPSA) is 12.0 Å². The molecule has 0 amide bonds. The first kappa shape index (κ1) is 12.0. The van der Waals surface area contributed by atoms with E-state index in [1.807, 2.05) is 0 Å². The van der Waals surface area contributed by atoms with Crippen molar-refractivity contribution in [3.05, 3.63) is 0 Å². The van der Waals surface area contributed by atoms with Gasteiger partial charge in [0, 0.05) is 11.6 Å². The maximum absolute atomic E-state index is 3.77. The van der Waals surface area contributed by atoms with E-state index in [0.717, 1.165) is 5.92 Å². The van der Waals surface area contributed by atoms with Crippen LogP contribution < -0.4 is 5.32 Å². The van der Waals surface area contributed by atoms with E-state index in [9.17, 15) is 0 Å². The van der Waals surface area contributed by atoms with Crippen molar-refractivity contribution in [1.82, 2.24) is 5.32 Å². The van der Waals surface area contributed by atoms with E-state index >= 15 is 0 Å². The molecule has 0 spiro atoms. The molecule has 1 atom stereocenters. The Morgan fingerprint density at radius 3 is 2.00 bits per heavy atom. The van der Waals surface area contributed by atoms with Crippen LogP contribution in [0.5, 0.6) is 0 Å². The Labute approximate surface area is 89.7 Å². The molecule has 0 aromatic heterocycles. The summed E-state index contributed by atoms with van der Waals surface area (Å²) >= 11 is 0. The first-order valence-electron chi connectivity index (χ1n) is 5.97. The van der Waals surface area contributed by atoms with Gasteiger partial charge in [0.15, 0.2) is 0 Å². The van der Waals surface area contributed by atoms with Gasteiger partial charge in [0.2, 0.25) is 0 Å². The summed E-state index contributed by atoms with van der Waals surface area (Å²) in [5.41, 5.74) is 0.694. The van der Waals surface area contributed by atoms with Crippen molar-refractivity contribution in [1.29, 1.82) is 0 Å². The van der Waals surface area contributed by atoms with Crippen molar-refractivity contribution in [3.63, 3.8) is 0 Å². The minimum absolute atomic E-state index is 0.278. The van der Waals surface area contributed by atoms with Crippen LogP contribution in [-0.4, -0.2) is 11.6 Å². The van der Waals surface area contributed by atoms with Crippen LogP contribution in [-0.2, 0) is 0 Å². The molecule has 1 nitrogen and oxygen atoms in total. The molecule has 0 heterocycles. The van der Waals surface area contributed by atoms with E-state index in [4.69, 9.17) is 0 Å². The van der Waals surface area contributed by atoms with E-state index < -0.39 is 0 Å². The van der Waals surface area contributed by atoms with Crippen molar-refractivity contribution in [2.75, 3.05) is 0 Å². The van der Waals surface area contributed by atoms with Crippen LogP contribution in [0.15, 0.2) is 0 Å². The lowest BCUT2D eigenvalue weighted by molar-refractivity contribution is 0.219. The van der Waals surface area contributed by atoms with Gasteiger partial charge in [0.05, 0.1) is 0 Å². The van der Waals surface area contributed by atoms with E-state index in [0.29, 0.717) is 11.5 Å². The molecule has 1 aliphatic carbocycles. The minimum Gasteiger partial charge on any atom is -0.309 e. The molecule has 14 heavy (non-hydrogen) atoms. The van der Waals surface area contributed by atoms with E-state index in [-0.39, 0.29) is 5.54 Å². The molecule has 0 unspecified atom stereocenters. The second-order valence-electron chi connectivity index (χ2n) is 6.89. The van der Waals surface area contributed by atoms with Gasteiger partial charge in [-0.25, -0.2) is 0 Å². The highest BCUT2D eigenvalue weighted by atomic mass is 15.0. The predicted octanol–water partition coefficient (Wildman–Crippen LogP) is 3.59. The highest BCUT2D eigenvalue weighted by Crippen LogP contribution is 2.34. The molecule has 0 aliphatic heterocycles. The van der Waals surface area contributed by atoms with Crippen molar-refractivity contribution in [2.45, 2.75) is 72.4 Å². The molecule has 84 valence electrons. The smallest absolute Gasteiger partial charge is 0.0132 e. The fourth-order valence-electron chi connectivity index (χ4n) is 2.71.